The highest BCUT2D eigenvalue weighted by molar-refractivity contribution is 5.93. The maximum absolute atomic E-state index is 11.2. The lowest BCUT2D eigenvalue weighted by atomic mass is 9.94. The molecule has 1 amide bonds. The van der Waals surface area contributed by atoms with Gasteiger partial charge < -0.3 is 10.4 Å². The second-order valence-electron chi connectivity index (χ2n) is 4.95. The van der Waals surface area contributed by atoms with E-state index in [1.54, 1.807) is 0 Å². The van der Waals surface area contributed by atoms with Crippen LogP contribution < -0.4 is 5.32 Å². The van der Waals surface area contributed by atoms with Crippen LogP contribution in [0, 0.1) is 5.92 Å². The highest BCUT2D eigenvalue weighted by atomic mass is 16.4. The molecule has 0 spiro atoms. The second-order valence-corrected chi connectivity index (χ2v) is 4.95. The molecule has 1 aliphatic rings. The van der Waals surface area contributed by atoms with Crippen LogP contribution in [0.4, 0.5) is 5.69 Å². The standard InChI is InChI=1S/C14H17NO3/c1-9(7-14(17)18)6-10-2-4-12-11(8-10)3-5-13(16)15-12/h2,4,8-9H,3,5-7H2,1H3,(H,15,16)(H,17,18). The summed E-state index contributed by atoms with van der Waals surface area (Å²) in [5.41, 5.74) is 3.18. The molecule has 1 unspecified atom stereocenters. The van der Waals surface area contributed by atoms with Gasteiger partial charge in [0.15, 0.2) is 0 Å². The number of nitrogens with one attached hydrogen (secondary N) is 1. The van der Waals surface area contributed by atoms with Crippen molar-refractivity contribution in [2.75, 3.05) is 5.32 Å². The molecule has 2 rings (SSSR count). The molecule has 18 heavy (non-hydrogen) atoms. The number of carboxylic acid groups (broad SMARTS) is 1. The third-order valence-electron chi connectivity index (χ3n) is 3.17. The lowest BCUT2D eigenvalue weighted by Gasteiger charge is -2.18. The fourth-order valence-electron chi connectivity index (χ4n) is 2.34. The third-order valence-corrected chi connectivity index (χ3v) is 3.17. The smallest absolute Gasteiger partial charge is 0.303 e. The van der Waals surface area contributed by atoms with Crippen molar-refractivity contribution in [2.45, 2.75) is 32.6 Å². The number of benzene rings is 1. The molecule has 4 heteroatoms. The second kappa shape index (κ2) is 5.21. The molecule has 0 aliphatic carbocycles. The molecule has 1 aromatic carbocycles. The summed E-state index contributed by atoms with van der Waals surface area (Å²) >= 11 is 0. The first-order chi connectivity index (χ1) is 8.54. The van der Waals surface area contributed by atoms with Crippen LogP contribution in [-0.4, -0.2) is 17.0 Å². The van der Waals surface area contributed by atoms with Crippen LogP contribution >= 0.6 is 0 Å². The number of carbonyl (C=O) groups is 2. The molecule has 1 aromatic rings. The quantitative estimate of drug-likeness (QED) is 0.857. The van der Waals surface area contributed by atoms with Crippen molar-refractivity contribution in [1.29, 1.82) is 0 Å². The Morgan fingerprint density at radius 2 is 2.22 bits per heavy atom. The van der Waals surface area contributed by atoms with Gasteiger partial charge in [-0.15, -0.1) is 0 Å². The predicted octanol–water partition coefficient (Wildman–Crippen LogP) is 2.22. The average molecular weight is 247 g/mol. The van der Waals surface area contributed by atoms with Gasteiger partial charge in [0, 0.05) is 18.5 Å². The average Bonchev–Trinajstić information content (AvgIpc) is 2.28. The summed E-state index contributed by atoms with van der Waals surface area (Å²) in [7, 11) is 0. The Labute approximate surface area is 106 Å². The van der Waals surface area contributed by atoms with E-state index in [1.807, 2.05) is 19.1 Å². The highest BCUT2D eigenvalue weighted by Crippen LogP contribution is 2.25. The molecule has 0 saturated carbocycles. The molecule has 4 nitrogen and oxygen atoms in total. The molecule has 0 radical (unpaired) electrons. The zero-order valence-electron chi connectivity index (χ0n) is 10.4. The Morgan fingerprint density at radius 3 is 2.94 bits per heavy atom. The Kier molecular flexibility index (Phi) is 3.65. The van der Waals surface area contributed by atoms with Crippen LogP contribution in [0.5, 0.6) is 0 Å². The van der Waals surface area contributed by atoms with Crippen LogP contribution in [0.2, 0.25) is 0 Å². The summed E-state index contributed by atoms with van der Waals surface area (Å²) in [5, 5.41) is 11.6. The zero-order chi connectivity index (χ0) is 13.1. The Bertz CT molecular complexity index is 482. The van der Waals surface area contributed by atoms with Gasteiger partial charge >= 0.3 is 5.97 Å². The molecule has 1 aliphatic heterocycles. The molecule has 0 fully saturated rings. The van der Waals surface area contributed by atoms with Crippen molar-refractivity contribution < 1.29 is 14.7 Å². The number of anilines is 1. The zero-order valence-corrected chi connectivity index (χ0v) is 10.4. The largest absolute Gasteiger partial charge is 0.481 e. The fourth-order valence-corrected chi connectivity index (χ4v) is 2.34. The molecule has 0 bridgehead atoms. The van der Waals surface area contributed by atoms with Crippen molar-refractivity contribution in [3.8, 4) is 0 Å². The van der Waals surface area contributed by atoms with Gasteiger partial charge in [0.25, 0.3) is 0 Å². The molecular formula is C14H17NO3. The Hall–Kier alpha value is -1.84. The number of fused-ring (bicyclic) bond motifs is 1. The van der Waals surface area contributed by atoms with E-state index in [1.165, 1.54) is 0 Å². The van der Waals surface area contributed by atoms with E-state index in [4.69, 9.17) is 5.11 Å². The minimum atomic E-state index is -0.757. The van der Waals surface area contributed by atoms with Crippen molar-refractivity contribution in [3.63, 3.8) is 0 Å². The van der Waals surface area contributed by atoms with E-state index in [2.05, 4.69) is 11.4 Å². The minimum Gasteiger partial charge on any atom is -0.481 e. The first-order valence-corrected chi connectivity index (χ1v) is 6.18. The van der Waals surface area contributed by atoms with Crippen molar-refractivity contribution in [1.82, 2.24) is 0 Å². The van der Waals surface area contributed by atoms with Crippen LogP contribution in [0.1, 0.15) is 30.9 Å². The first kappa shape index (κ1) is 12.6. The van der Waals surface area contributed by atoms with Crippen LogP contribution in [-0.2, 0) is 22.4 Å². The summed E-state index contributed by atoms with van der Waals surface area (Å²) in [6.45, 7) is 1.94. The number of carboxylic acids is 1. The van der Waals surface area contributed by atoms with E-state index in [0.717, 1.165) is 29.7 Å². The summed E-state index contributed by atoms with van der Waals surface area (Å²) < 4.78 is 0. The number of hydrogen-bond acceptors (Lipinski definition) is 2. The first-order valence-electron chi connectivity index (χ1n) is 6.18. The maximum Gasteiger partial charge on any atom is 0.303 e. The van der Waals surface area contributed by atoms with Crippen molar-refractivity contribution in [3.05, 3.63) is 29.3 Å². The number of rotatable bonds is 4. The number of carbonyl (C=O) groups excluding carboxylic acids is 1. The molecule has 96 valence electrons. The number of amides is 1. The molecule has 1 atom stereocenters. The third kappa shape index (κ3) is 3.09. The van der Waals surface area contributed by atoms with Crippen LogP contribution in [0.15, 0.2) is 18.2 Å². The van der Waals surface area contributed by atoms with Gasteiger partial charge in [0.05, 0.1) is 0 Å². The normalized spacial score (nSPS) is 15.7. The summed E-state index contributed by atoms with van der Waals surface area (Å²) in [6.07, 6.45) is 2.24. The lowest BCUT2D eigenvalue weighted by Crippen LogP contribution is -2.19. The van der Waals surface area contributed by atoms with Gasteiger partial charge in [-0.1, -0.05) is 19.1 Å². The van der Waals surface area contributed by atoms with E-state index >= 15 is 0 Å². The van der Waals surface area contributed by atoms with Crippen LogP contribution in [0.3, 0.4) is 0 Å². The van der Waals surface area contributed by atoms with E-state index in [-0.39, 0.29) is 18.2 Å². The Balaban J connectivity index is 2.07. The number of aliphatic carboxylic acids is 1. The SMILES string of the molecule is CC(CC(=O)O)Cc1ccc2c(c1)CCC(=O)N2. The topological polar surface area (TPSA) is 66.4 Å². The van der Waals surface area contributed by atoms with Gasteiger partial charge in [0.1, 0.15) is 0 Å². The summed E-state index contributed by atoms with van der Waals surface area (Å²) in [6, 6.07) is 5.95. The predicted molar refractivity (Wildman–Crippen MR) is 68.5 cm³/mol. The number of aryl methyl sites for hydroxylation is 1. The molecule has 0 aromatic heterocycles. The molecule has 0 saturated heterocycles. The van der Waals surface area contributed by atoms with Crippen molar-refractivity contribution in [2.24, 2.45) is 5.92 Å². The van der Waals surface area contributed by atoms with Gasteiger partial charge in [-0.05, 0) is 36.0 Å². The van der Waals surface area contributed by atoms with Gasteiger partial charge in [-0.3, -0.25) is 9.59 Å². The molecule has 2 N–H and O–H groups in total. The minimum absolute atomic E-state index is 0.0643. The molecule has 1 heterocycles. The van der Waals surface area contributed by atoms with Crippen LogP contribution in [0.25, 0.3) is 0 Å². The fraction of sp³-hybridized carbons (Fsp3) is 0.429. The summed E-state index contributed by atoms with van der Waals surface area (Å²) in [5.74, 6) is -0.569. The van der Waals surface area contributed by atoms with Gasteiger partial charge in [-0.2, -0.15) is 0 Å². The highest BCUT2D eigenvalue weighted by Gasteiger charge is 2.15. The Morgan fingerprint density at radius 1 is 1.44 bits per heavy atom. The lowest BCUT2D eigenvalue weighted by molar-refractivity contribution is -0.137. The van der Waals surface area contributed by atoms with Gasteiger partial charge in [-0.25, -0.2) is 0 Å². The van der Waals surface area contributed by atoms with E-state index < -0.39 is 5.97 Å². The van der Waals surface area contributed by atoms with Crippen molar-refractivity contribution >= 4 is 17.6 Å². The maximum atomic E-state index is 11.2. The molecular weight excluding hydrogens is 230 g/mol. The summed E-state index contributed by atoms with van der Waals surface area (Å²) in [4.78, 5) is 21.9. The van der Waals surface area contributed by atoms with E-state index in [0.29, 0.717) is 6.42 Å². The number of hydrogen-bond donors (Lipinski definition) is 2. The van der Waals surface area contributed by atoms with E-state index in [9.17, 15) is 9.59 Å². The van der Waals surface area contributed by atoms with Gasteiger partial charge in [0.2, 0.25) is 5.91 Å². The monoisotopic (exact) mass is 247 g/mol.